The largest absolute Gasteiger partial charge is 0.302 e. The molecular weight excluding hydrogens is 148 g/mol. The van der Waals surface area contributed by atoms with Gasteiger partial charge in [-0.25, -0.2) is 0 Å². The third-order valence-electron chi connectivity index (χ3n) is 0.463. The molecule has 1 aromatic heterocycles. The summed E-state index contributed by atoms with van der Waals surface area (Å²) in [5.74, 6) is 0.324. The van der Waals surface area contributed by atoms with Crippen LogP contribution in [0.2, 0.25) is 0 Å². The Labute approximate surface area is 55.1 Å². The van der Waals surface area contributed by atoms with Crippen molar-refractivity contribution in [1.82, 2.24) is 9.59 Å². The van der Waals surface area contributed by atoms with Gasteiger partial charge < -0.3 is 4.89 Å². The van der Waals surface area contributed by atoms with Crippen molar-refractivity contribution >= 4 is 24.4 Å². The van der Waals surface area contributed by atoms with Crippen molar-refractivity contribution in [2.24, 2.45) is 0 Å². The first kappa shape index (κ1) is 5.80. The molecule has 0 aliphatic rings. The van der Waals surface area contributed by atoms with Crippen molar-refractivity contribution in [3.8, 4) is 5.88 Å². The normalized spacial score (nSPS) is 9.12. The second kappa shape index (κ2) is 2.85. The molecule has 0 amide bonds. The van der Waals surface area contributed by atoms with Crippen molar-refractivity contribution in [3.05, 3.63) is 5.38 Å². The summed E-state index contributed by atoms with van der Waals surface area (Å²) in [4.78, 5) is 4.35. The van der Waals surface area contributed by atoms with Crippen molar-refractivity contribution in [1.29, 1.82) is 0 Å². The van der Waals surface area contributed by atoms with Crippen LogP contribution >= 0.6 is 24.4 Å². The fourth-order valence-electron chi connectivity index (χ4n) is 0.231. The van der Waals surface area contributed by atoms with Crippen LogP contribution in [0.25, 0.3) is 0 Å². The van der Waals surface area contributed by atoms with E-state index in [2.05, 4.69) is 31.7 Å². The molecule has 0 saturated carbocycles. The maximum atomic E-state index is 4.35. The van der Waals surface area contributed by atoms with Crippen molar-refractivity contribution in [2.45, 2.75) is 0 Å². The number of aromatic nitrogens is 2. The van der Waals surface area contributed by atoms with E-state index >= 15 is 0 Å². The highest BCUT2D eigenvalue weighted by atomic mass is 32.1. The van der Waals surface area contributed by atoms with Gasteiger partial charge in [0.1, 0.15) is 0 Å². The summed E-state index contributed by atoms with van der Waals surface area (Å²) in [6, 6.07) is 0. The molecule has 1 rings (SSSR count). The van der Waals surface area contributed by atoms with Crippen LogP contribution in [0.3, 0.4) is 0 Å². The standard InChI is InChI=1S/C2H2N2O2S2/c7-6-5-2-1-8-4-3-2/h1,7H. The Kier molecular flexibility index (Phi) is 2.07. The van der Waals surface area contributed by atoms with E-state index in [0.717, 1.165) is 0 Å². The zero-order chi connectivity index (χ0) is 5.82. The lowest BCUT2D eigenvalue weighted by Crippen LogP contribution is -1.84. The molecule has 1 heterocycles. The SMILES string of the molecule is SOOc1csnn1. The molecule has 0 bridgehead atoms. The van der Waals surface area contributed by atoms with Crippen LogP contribution in [-0.4, -0.2) is 9.59 Å². The van der Waals surface area contributed by atoms with Gasteiger partial charge in [-0.15, -0.1) is 4.33 Å². The molecular formula is C2H2N2O2S2. The zero-order valence-electron chi connectivity index (χ0n) is 3.64. The van der Waals surface area contributed by atoms with Gasteiger partial charge in [-0.05, 0) is 11.5 Å². The summed E-state index contributed by atoms with van der Waals surface area (Å²) in [5, 5.41) is 5.07. The highest BCUT2D eigenvalue weighted by molar-refractivity contribution is 7.74. The number of thiol groups is 1. The topological polar surface area (TPSA) is 44.2 Å². The Balaban J connectivity index is 2.50. The van der Waals surface area contributed by atoms with E-state index in [4.69, 9.17) is 0 Å². The predicted molar refractivity (Wildman–Crippen MR) is 30.6 cm³/mol. The van der Waals surface area contributed by atoms with Gasteiger partial charge in [0.15, 0.2) is 0 Å². The number of hydrogen-bond donors (Lipinski definition) is 1. The number of rotatable bonds is 2. The molecule has 0 aromatic carbocycles. The van der Waals surface area contributed by atoms with Gasteiger partial charge in [-0.2, -0.15) is 0 Å². The average molecular weight is 150 g/mol. The van der Waals surface area contributed by atoms with E-state index in [0.29, 0.717) is 5.88 Å². The lowest BCUT2D eigenvalue weighted by molar-refractivity contribution is -0.0788. The summed E-state index contributed by atoms with van der Waals surface area (Å²) in [7, 11) is 0. The lowest BCUT2D eigenvalue weighted by atomic mass is 10.9. The van der Waals surface area contributed by atoms with E-state index in [1.165, 1.54) is 11.5 Å². The first-order valence-corrected chi connectivity index (χ1v) is 2.89. The number of nitrogens with zero attached hydrogens (tertiary/aromatic N) is 2. The van der Waals surface area contributed by atoms with E-state index in [9.17, 15) is 0 Å². The first-order chi connectivity index (χ1) is 3.93. The molecule has 0 saturated heterocycles. The lowest BCUT2D eigenvalue weighted by Gasteiger charge is -1.87. The molecule has 44 valence electrons. The van der Waals surface area contributed by atoms with Crippen LogP contribution in [0.1, 0.15) is 0 Å². The molecule has 6 heteroatoms. The first-order valence-electron chi connectivity index (χ1n) is 1.68. The van der Waals surface area contributed by atoms with Gasteiger partial charge in [0, 0.05) is 12.9 Å². The molecule has 0 N–H and O–H groups in total. The molecule has 1 aromatic rings. The van der Waals surface area contributed by atoms with Crippen LogP contribution in [0, 0.1) is 0 Å². The minimum atomic E-state index is 0.324. The maximum absolute atomic E-state index is 4.35. The van der Waals surface area contributed by atoms with Gasteiger partial charge in [-0.3, -0.25) is 0 Å². The van der Waals surface area contributed by atoms with Crippen molar-refractivity contribution in [3.63, 3.8) is 0 Å². The summed E-state index contributed by atoms with van der Waals surface area (Å²) in [6.07, 6.45) is 0. The van der Waals surface area contributed by atoms with E-state index in [-0.39, 0.29) is 0 Å². The van der Waals surface area contributed by atoms with Crippen LogP contribution in [0.15, 0.2) is 5.38 Å². The molecule has 0 fully saturated rings. The average Bonchev–Trinajstić information content (AvgIpc) is 2.19. The van der Waals surface area contributed by atoms with Crippen molar-refractivity contribution < 1.29 is 9.22 Å². The van der Waals surface area contributed by atoms with E-state index in [1.807, 2.05) is 0 Å². The molecule has 0 spiro atoms. The minimum absolute atomic E-state index is 0.324. The summed E-state index contributed by atoms with van der Waals surface area (Å²) >= 11 is 4.50. The second-order valence-electron chi connectivity index (χ2n) is 0.901. The van der Waals surface area contributed by atoms with Crippen LogP contribution in [0.5, 0.6) is 5.88 Å². The highest BCUT2D eigenvalue weighted by Gasteiger charge is 1.92. The van der Waals surface area contributed by atoms with Gasteiger partial charge in [0.05, 0.1) is 5.38 Å². The Morgan fingerprint density at radius 3 is 3.12 bits per heavy atom. The molecule has 4 nitrogen and oxygen atoms in total. The third-order valence-corrected chi connectivity index (χ3v) is 1.02. The second-order valence-corrected chi connectivity index (χ2v) is 1.66. The molecule has 0 atom stereocenters. The molecule has 0 aliphatic heterocycles. The third kappa shape index (κ3) is 1.32. The molecule has 0 radical (unpaired) electrons. The molecule has 8 heavy (non-hydrogen) atoms. The zero-order valence-corrected chi connectivity index (χ0v) is 5.35. The van der Waals surface area contributed by atoms with Crippen molar-refractivity contribution in [2.75, 3.05) is 0 Å². The summed E-state index contributed by atoms with van der Waals surface area (Å²) < 4.78 is 7.48. The Morgan fingerprint density at radius 1 is 1.75 bits per heavy atom. The highest BCUT2D eigenvalue weighted by Crippen LogP contribution is 2.06. The van der Waals surface area contributed by atoms with Crippen LogP contribution < -0.4 is 4.89 Å². The van der Waals surface area contributed by atoms with E-state index in [1.54, 1.807) is 5.38 Å². The maximum Gasteiger partial charge on any atom is 0.288 e. The quantitative estimate of drug-likeness (QED) is 0.291. The Hall–Kier alpha value is -0.330. The van der Waals surface area contributed by atoms with Crippen LogP contribution in [-0.2, 0) is 4.33 Å². The van der Waals surface area contributed by atoms with Gasteiger partial charge in [0.25, 0.3) is 5.88 Å². The summed E-state index contributed by atoms with van der Waals surface area (Å²) in [5.41, 5.74) is 0. The molecule has 0 unspecified atom stereocenters. The number of hydrogen-bond acceptors (Lipinski definition) is 6. The van der Waals surface area contributed by atoms with Gasteiger partial charge in [0.2, 0.25) is 0 Å². The van der Waals surface area contributed by atoms with Crippen LogP contribution in [0.4, 0.5) is 0 Å². The Bertz CT molecular complexity index is 142. The fourth-order valence-corrected chi connectivity index (χ4v) is 0.658. The predicted octanol–water partition coefficient (Wildman–Crippen LogP) is 0.693. The Morgan fingerprint density at radius 2 is 2.62 bits per heavy atom. The molecule has 0 aliphatic carbocycles. The smallest absolute Gasteiger partial charge is 0.288 e. The minimum Gasteiger partial charge on any atom is -0.302 e. The van der Waals surface area contributed by atoms with Gasteiger partial charge >= 0.3 is 0 Å². The summed E-state index contributed by atoms with van der Waals surface area (Å²) in [6.45, 7) is 0. The van der Waals surface area contributed by atoms with Gasteiger partial charge in [-0.1, -0.05) is 9.59 Å². The monoisotopic (exact) mass is 150 g/mol. The van der Waals surface area contributed by atoms with E-state index < -0.39 is 0 Å². The fraction of sp³-hybridized carbons (Fsp3) is 0.